The molecular formula is C9H14O4. The molecule has 13 heavy (non-hydrogen) atoms. The molecule has 0 aromatic carbocycles. The molecule has 0 radical (unpaired) electrons. The highest BCUT2D eigenvalue weighted by molar-refractivity contribution is 5.95. The number of hydrogen-bond acceptors (Lipinski definition) is 4. The number of carbonyl (C=O) groups is 2. The van der Waals surface area contributed by atoms with Crippen molar-refractivity contribution >= 4 is 11.9 Å². The fourth-order valence-corrected chi connectivity index (χ4v) is 0.916. The molecule has 74 valence electrons. The Morgan fingerprint density at radius 3 is 1.85 bits per heavy atom. The van der Waals surface area contributed by atoms with Gasteiger partial charge in [0.2, 0.25) is 0 Å². The van der Waals surface area contributed by atoms with Gasteiger partial charge in [-0.15, -0.1) is 6.58 Å². The summed E-state index contributed by atoms with van der Waals surface area (Å²) in [5.74, 6) is -2.40. The number of carbonyl (C=O) groups excluding carboxylic acids is 2. The summed E-state index contributed by atoms with van der Waals surface area (Å²) in [6.45, 7) is 5.20. The summed E-state index contributed by atoms with van der Waals surface area (Å²) in [5, 5.41) is 0. The summed E-state index contributed by atoms with van der Waals surface area (Å²) in [7, 11) is 2.46. The van der Waals surface area contributed by atoms with Gasteiger partial charge in [0.05, 0.1) is 14.2 Å². The SMILES string of the molecule is C=CC(C)C(C(=O)OC)C(=O)OC. The minimum atomic E-state index is -0.910. The Hall–Kier alpha value is -1.32. The molecule has 0 aliphatic carbocycles. The zero-order valence-corrected chi connectivity index (χ0v) is 8.07. The normalized spacial score (nSPS) is 12.0. The van der Waals surface area contributed by atoms with Crippen molar-refractivity contribution in [1.29, 1.82) is 0 Å². The standard InChI is InChI=1S/C9H14O4/c1-5-6(2)7(8(10)12-3)9(11)13-4/h5-7H,1H2,2-4H3. The maximum absolute atomic E-state index is 11.1. The lowest BCUT2D eigenvalue weighted by atomic mass is 9.94. The Morgan fingerprint density at radius 1 is 1.23 bits per heavy atom. The van der Waals surface area contributed by atoms with E-state index < -0.39 is 17.9 Å². The van der Waals surface area contributed by atoms with Gasteiger partial charge in [-0.25, -0.2) is 0 Å². The van der Waals surface area contributed by atoms with Crippen molar-refractivity contribution < 1.29 is 19.1 Å². The van der Waals surface area contributed by atoms with Crippen LogP contribution in [0.1, 0.15) is 6.92 Å². The van der Waals surface area contributed by atoms with Crippen LogP contribution in [-0.2, 0) is 19.1 Å². The highest BCUT2D eigenvalue weighted by Gasteiger charge is 2.32. The third kappa shape index (κ3) is 2.89. The third-order valence-corrected chi connectivity index (χ3v) is 1.81. The van der Waals surface area contributed by atoms with Crippen LogP contribution in [0.25, 0.3) is 0 Å². The molecule has 1 unspecified atom stereocenters. The van der Waals surface area contributed by atoms with Crippen LogP contribution in [0.5, 0.6) is 0 Å². The van der Waals surface area contributed by atoms with Crippen molar-refractivity contribution in [1.82, 2.24) is 0 Å². The fraction of sp³-hybridized carbons (Fsp3) is 0.556. The number of ether oxygens (including phenoxy) is 2. The summed E-state index contributed by atoms with van der Waals surface area (Å²) in [5.41, 5.74) is 0. The van der Waals surface area contributed by atoms with Crippen molar-refractivity contribution in [3.05, 3.63) is 12.7 Å². The Labute approximate surface area is 77.5 Å². The number of methoxy groups -OCH3 is 2. The Balaban J connectivity index is 4.63. The molecule has 4 nitrogen and oxygen atoms in total. The molecular weight excluding hydrogens is 172 g/mol. The van der Waals surface area contributed by atoms with E-state index in [1.54, 1.807) is 6.92 Å². The first-order valence-corrected chi connectivity index (χ1v) is 3.86. The minimum Gasteiger partial charge on any atom is -0.468 e. The highest BCUT2D eigenvalue weighted by Crippen LogP contribution is 2.15. The van der Waals surface area contributed by atoms with Gasteiger partial charge in [0.15, 0.2) is 5.92 Å². The largest absolute Gasteiger partial charge is 0.468 e. The first-order chi connectivity index (χ1) is 6.08. The summed E-state index contributed by atoms with van der Waals surface area (Å²) < 4.78 is 8.94. The maximum atomic E-state index is 11.1. The van der Waals surface area contributed by atoms with Crippen LogP contribution in [0, 0.1) is 11.8 Å². The zero-order valence-electron chi connectivity index (χ0n) is 8.07. The average Bonchev–Trinajstić information content (AvgIpc) is 2.16. The van der Waals surface area contributed by atoms with Gasteiger partial charge in [-0.3, -0.25) is 9.59 Å². The van der Waals surface area contributed by atoms with Gasteiger partial charge in [-0.05, 0) is 5.92 Å². The van der Waals surface area contributed by atoms with E-state index in [-0.39, 0.29) is 5.92 Å². The fourth-order valence-electron chi connectivity index (χ4n) is 0.916. The second-order valence-electron chi connectivity index (χ2n) is 2.62. The van der Waals surface area contributed by atoms with E-state index in [0.717, 1.165) is 0 Å². The molecule has 0 aromatic rings. The van der Waals surface area contributed by atoms with Crippen LogP contribution in [-0.4, -0.2) is 26.2 Å². The summed E-state index contributed by atoms with van der Waals surface area (Å²) >= 11 is 0. The average molecular weight is 186 g/mol. The van der Waals surface area contributed by atoms with Gasteiger partial charge >= 0.3 is 11.9 Å². The first kappa shape index (κ1) is 11.7. The van der Waals surface area contributed by atoms with Crippen molar-refractivity contribution in [2.75, 3.05) is 14.2 Å². The van der Waals surface area contributed by atoms with Crippen molar-refractivity contribution in [3.63, 3.8) is 0 Å². The number of hydrogen-bond donors (Lipinski definition) is 0. The molecule has 0 N–H and O–H groups in total. The van der Waals surface area contributed by atoms with Gasteiger partial charge < -0.3 is 9.47 Å². The topological polar surface area (TPSA) is 52.6 Å². The number of esters is 2. The lowest BCUT2D eigenvalue weighted by Crippen LogP contribution is -2.31. The first-order valence-electron chi connectivity index (χ1n) is 3.86. The summed E-state index contributed by atoms with van der Waals surface area (Å²) in [6, 6.07) is 0. The summed E-state index contributed by atoms with van der Waals surface area (Å²) in [4.78, 5) is 22.3. The lowest BCUT2D eigenvalue weighted by Gasteiger charge is -2.15. The van der Waals surface area contributed by atoms with Gasteiger partial charge in [-0.1, -0.05) is 13.0 Å². The van der Waals surface area contributed by atoms with Crippen LogP contribution in [0.3, 0.4) is 0 Å². The Kier molecular flexibility index (Phi) is 4.80. The van der Waals surface area contributed by atoms with Crippen molar-refractivity contribution in [2.45, 2.75) is 6.92 Å². The Morgan fingerprint density at radius 2 is 1.62 bits per heavy atom. The van der Waals surface area contributed by atoms with Gasteiger partial charge in [-0.2, -0.15) is 0 Å². The maximum Gasteiger partial charge on any atom is 0.320 e. The lowest BCUT2D eigenvalue weighted by molar-refractivity contribution is -0.160. The monoisotopic (exact) mass is 186 g/mol. The smallest absolute Gasteiger partial charge is 0.320 e. The molecule has 0 fully saturated rings. The Bertz CT molecular complexity index is 194. The van der Waals surface area contributed by atoms with Crippen LogP contribution < -0.4 is 0 Å². The van der Waals surface area contributed by atoms with E-state index >= 15 is 0 Å². The van der Waals surface area contributed by atoms with E-state index in [4.69, 9.17) is 0 Å². The second kappa shape index (κ2) is 5.35. The highest BCUT2D eigenvalue weighted by atomic mass is 16.5. The van der Waals surface area contributed by atoms with Crippen LogP contribution in [0.15, 0.2) is 12.7 Å². The van der Waals surface area contributed by atoms with Crippen LogP contribution >= 0.6 is 0 Å². The van der Waals surface area contributed by atoms with E-state index in [2.05, 4.69) is 16.1 Å². The zero-order chi connectivity index (χ0) is 10.4. The van der Waals surface area contributed by atoms with Crippen LogP contribution in [0.2, 0.25) is 0 Å². The minimum absolute atomic E-state index is 0.292. The molecule has 0 amide bonds. The third-order valence-electron chi connectivity index (χ3n) is 1.81. The van der Waals surface area contributed by atoms with Gasteiger partial charge in [0, 0.05) is 0 Å². The molecule has 0 aliphatic heterocycles. The quantitative estimate of drug-likeness (QED) is 0.369. The summed E-state index contributed by atoms with van der Waals surface area (Å²) in [6.07, 6.45) is 1.51. The van der Waals surface area contributed by atoms with Gasteiger partial charge in [0.25, 0.3) is 0 Å². The van der Waals surface area contributed by atoms with E-state index in [1.165, 1.54) is 20.3 Å². The van der Waals surface area contributed by atoms with E-state index in [9.17, 15) is 9.59 Å². The van der Waals surface area contributed by atoms with Crippen LogP contribution in [0.4, 0.5) is 0 Å². The van der Waals surface area contributed by atoms with E-state index in [1.807, 2.05) is 0 Å². The van der Waals surface area contributed by atoms with Gasteiger partial charge in [0.1, 0.15) is 0 Å². The molecule has 0 saturated carbocycles. The molecule has 0 aromatic heterocycles. The van der Waals surface area contributed by atoms with Crippen molar-refractivity contribution in [3.8, 4) is 0 Å². The predicted octanol–water partition coefficient (Wildman–Crippen LogP) is 0.771. The molecule has 0 aliphatic rings. The molecule has 0 bridgehead atoms. The molecule has 0 saturated heterocycles. The van der Waals surface area contributed by atoms with E-state index in [0.29, 0.717) is 0 Å². The number of allylic oxidation sites excluding steroid dienone is 1. The molecule has 1 atom stereocenters. The molecule has 4 heteroatoms. The molecule has 0 rings (SSSR count). The predicted molar refractivity (Wildman–Crippen MR) is 46.9 cm³/mol. The molecule has 0 spiro atoms. The van der Waals surface area contributed by atoms with Crippen molar-refractivity contribution in [2.24, 2.45) is 11.8 Å². The molecule has 0 heterocycles. The number of rotatable bonds is 4. The second-order valence-corrected chi connectivity index (χ2v) is 2.62.